The van der Waals surface area contributed by atoms with Gasteiger partial charge in [0.25, 0.3) is 0 Å². The van der Waals surface area contributed by atoms with Crippen LogP contribution in [0.2, 0.25) is 0 Å². The number of nitrogens with zero attached hydrogens (tertiary/aromatic N) is 4. The number of amides is 1. The number of benzene rings is 1. The van der Waals surface area contributed by atoms with E-state index in [0.717, 1.165) is 17.9 Å². The van der Waals surface area contributed by atoms with E-state index in [0.29, 0.717) is 24.7 Å². The Labute approximate surface area is 164 Å². The maximum absolute atomic E-state index is 12.3. The predicted molar refractivity (Wildman–Crippen MR) is 106 cm³/mol. The van der Waals surface area contributed by atoms with Gasteiger partial charge in [-0.2, -0.15) is 0 Å². The minimum Gasteiger partial charge on any atom is -0.508 e. The zero-order valence-electron chi connectivity index (χ0n) is 16.3. The standard InChI is InChI=1S/C21H24N4O3/c1-21(2,3)28-20(27)25-12-15-10-24(11-16(15)13-25)19-8-7-18(22-23-19)14-5-4-6-17(26)9-14/h4-10,16,26H,11-13H2,1-3H3. The number of hydrogen-bond donors (Lipinski definition) is 1. The van der Waals surface area contributed by atoms with Crippen LogP contribution in [0.3, 0.4) is 0 Å². The first-order chi connectivity index (χ1) is 13.3. The van der Waals surface area contributed by atoms with Gasteiger partial charge in [0, 0.05) is 37.3 Å². The molecule has 28 heavy (non-hydrogen) atoms. The lowest BCUT2D eigenvalue weighted by molar-refractivity contribution is 0.0291. The van der Waals surface area contributed by atoms with Gasteiger partial charge >= 0.3 is 6.09 Å². The highest BCUT2D eigenvalue weighted by molar-refractivity contribution is 5.70. The van der Waals surface area contributed by atoms with Crippen molar-refractivity contribution in [1.82, 2.24) is 15.1 Å². The summed E-state index contributed by atoms with van der Waals surface area (Å²) in [6.45, 7) is 7.65. The van der Waals surface area contributed by atoms with Gasteiger partial charge in [-0.3, -0.25) is 0 Å². The largest absolute Gasteiger partial charge is 0.508 e. The van der Waals surface area contributed by atoms with Crippen LogP contribution in [-0.2, 0) is 4.74 Å². The van der Waals surface area contributed by atoms with Crippen LogP contribution in [0, 0.1) is 5.92 Å². The van der Waals surface area contributed by atoms with Gasteiger partial charge in [-0.05, 0) is 50.6 Å². The van der Waals surface area contributed by atoms with Crippen molar-refractivity contribution in [3.05, 3.63) is 48.2 Å². The monoisotopic (exact) mass is 380 g/mol. The first kappa shape index (κ1) is 18.3. The Morgan fingerprint density at radius 2 is 2.00 bits per heavy atom. The highest BCUT2D eigenvalue weighted by atomic mass is 16.6. The molecule has 2 aliphatic rings. The van der Waals surface area contributed by atoms with E-state index in [1.54, 1.807) is 23.1 Å². The summed E-state index contributed by atoms with van der Waals surface area (Å²) < 4.78 is 5.47. The number of rotatable bonds is 2. The zero-order valence-corrected chi connectivity index (χ0v) is 16.3. The number of carbonyl (C=O) groups excluding carboxylic acids is 1. The molecule has 4 rings (SSSR count). The fourth-order valence-corrected chi connectivity index (χ4v) is 3.53. The summed E-state index contributed by atoms with van der Waals surface area (Å²) in [5.41, 5.74) is 2.26. The first-order valence-corrected chi connectivity index (χ1v) is 9.37. The third kappa shape index (κ3) is 3.78. The molecule has 1 aromatic carbocycles. The number of anilines is 1. The predicted octanol–water partition coefficient (Wildman–Crippen LogP) is 3.42. The number of phenols is 1. The molecule has 0 aliphatic carbocycles. The van der Waals surface area contributed by atoms with Gasteiger partial charge in [-0.15, -0.1) is 10.2 Å². The zero-order chi connectivity index (χ0) is 19.9. The maximum atomic E-state index is 12.3. The number of likely N-dealkylation sites (tertiary alicyclic amines) is 1. The van der Waals surface area contributed by atoms with Gasteiger partial charge in [0.05, 0.1) is 5.69 Å². The second-order valence-electron chi connectivity index (χ2n) is 8.24. The van der Waals surface area contributed by atoms with Crippen molar-refractivity contribution in [2.45, 2.75) is 26.4 Å². The maximum Gasteiger partial charge on any atom is 0.410 e. The SMILES string of the molecule is CC(C)(C)OC(=O)N1CC2=CN(c3ccc(-c4cccc(O)c4)nn3)CC2C1. The van der Waals surface area contributed by atoms with Crippen LogP contribution < -0.4 is 4.90 Å². The highest BCUT2D eigenvalue weighted by Crippen LogP contribution is 2.33. The molecule has 146 valence electrons. The summed E-state index contributed by atoms with van der Waals surface area (Å²) in [4.78, 5) is 16.1. The fraction of sp³-hybridized carbons (Fsp3) is 0.381. The Morgan fingerprint density at radius 3 is 2.64 bits per heavy atom. The molecule has 1 fully saturated rings. The van der Waals surface area contributed by atoms with Crippen molar-refractivity contribution in [3.8, 4) is 17.0 Å². The molecule has 1 atom stereocenters. The van der Waals surface area contributed by atoms with E-state index in [1.165, 1.54) is 5.57 Å². The van der Waals surface area contributed by atoms with Gasteiger partial charge in [0.15, 0.2) is 5.82 Å². The van der Waals surface area contributed by atoms with E-state index >= 15 is 0 Å². The van der Waals surface area contributed by atoms with Crippen molar-refractivity contribution in [3.63, 3.8) is 0 Å². The Hall–Kier alpha value is -3.09. The fourth-order valence-electron chi connectivity index (χ4n) is 3.53. The van der Waals surface area contributed by atoms with Crippen LogP contribution in [0.1, 0.15) is 20.8 Å². The molecule has 3 heterocycles. The van der Waals surface area contributed by atoms with E-state index in [4.69, 9.17) is 4.74 Å². The van der Waals surface area contributed by atoms with Crippen LogP contribution in [0.25, 0.3) is 11.3 Å². The Kier molecular flexibility index (Phi) is 4.45. The first-order valence-electron chi connectivity index (χ1n) is 9.37. The van der Waals surface area contributed by atoms with Crippen LogP contribution in [0.15, 0.2) is 48.2 Å². The van der Waals surface area contributed by atoms with Crippen molar-refractivity contribution < 1.29 is 14.6 Å². The number of aromatic hydroxyl groups is 1. The molecule has 0 saturated carbocycles. The van der Waals surface area contributed by atoms with Gasteiger partial charge in [-0.1, -0.05) is 12.1 Å². The third-order valence-corrected chi connectivity index (χ3v) is 4.82. The highest BCUT2D eigenvalue weighted by Gasteiger charge is 2.37. The minimum absolute atomic E-state index is 0.204. The van der Waals surface area contributed by atoms with Crippen molar-refractivity contribution in [1.29, 1.82) is 0 Å². The number of carbonyl (C=O) groups is 1. The quantitative estimate of drug-likeness (QED) is 0.860. The van der Waals surface area contributed by atoms with E-state index in [1.807, 2.05) is 39.0 Å². The summed E-state index contributed by atoms with van der Waals surface area (Å²) in [5.74, 6) is 1.27. The molecule has 1 amide bonds. The van der Waals surface area contributed by atoms with Crippen molar-refractivity contribution in [2.75, 3.05) is 24.5 Å². The summed E-state index contributed by atoms with van der Waals surface area (Å²) in [7, 11) is 0. The molecule has 7 heteroatoms. The average molecular weight is 380 g/mol. The lowest BCUT2D eigenvalue weighted by Gasteiger charge is -2.25. The Morgan fingerprint density at radius 1 is 1.18 bits per heavy atom. The summed E-state index contributed by atoms with van der Waals surface area (Å²) >= 11 is 0. The molecule has 2 aromatic rings. The van der Waals surface area contributed by atoms with E-state index in [-0.39, 0.29) is 11.8 Å². The van der Waals surface area contributed by atoms with E-state index in [2.05, 4.69) is 21.3 Å². The summed E-state index contributed by atoms with van der Waals surface area (Å²) in [6.07, 6.45) is 1.80. The Bertz CT molecular complexity index is 918. The molecule has 1 unspecified atom stereocenters. The molecule has 1 saturated heterocycles. The molecule has 2 aliphatic heterocycles. The van der Waals surface area contributed by atoms with Gasteiger partial charge in [0.2, 0.25) is 0 Å². The lowest BCUT2D eigenvalue weighted by atomic mass is 10.1. The average Bonchev–Trinajstić information content (AvgIpc) is 3.19. The van der Waals surface area contributed by atoms with Crippen molar-refractivity contribution >= 4 is 11.9 Å². The Balaban J connectivity index is 1.43. The molecule has 1 aromatic heterocycles. The van der Waals surface area contributed by atoms with Crippen LogP contribution in [-0.4, -0.2) is 51.5 Å². The normalized spacial score (nSPS) is 18.8. The van der Waals surface area contributed by atoms with Gasteiger partial charge < -0.3 is 19.6 Å². The van der Waals surface area contributed by atoms with Gasteiger partial charge in [0.1, 0.15) is 11.4 Å². The third-order valence-electron chi connectivity index (χ3n) is 4.82. The second-order valence-corrected chi connectivity index (χ2v) is 8.24. The number of phenolic OH excluding ortho intramolecular Hbond substituents is 1. The summed E-state index contributed by atoms with van der Waals surface area (Å²) in [5, 5.41) is 18.3. The molecule has 0 radical (unpaired) electrons. The molecule has 7 nitrogen and oxygen atoms in total. The minimum atomic E-state index is -0.484. The van der Waals surface area contributed by atoms with Crippen LogP contribution in [0.5, 0.6) is 5.75 Å². The number of ether oxygens (including phenoxy) is 1. The van der Waals surface area contributed by atoms with Gasteiger partial charge in [-0.25, -0.2) is 4.79 Å². The lowest BCUT2D eigenvalue weighted by Crippen LogP contribution is -2.36. The van der Waals surface area contributed by atoms with E-state index in [9.17, 15) is 9.90 Å². The smallest absolute Gasteiger partial charge is 0.410 e. The van der Waals surface area contributed by atoms with Crippen LogP contribution >= 0.6 is 0 Å². The number of fused-ring (bicyclic) bond motifs is 1. The molecule has 0 bridgehead atoms. The molecule has 0 spiro atoms. The van der Waals surface area contributed by atoms with Crippen LogP contribution in [0.4, 0.5) is 10.6 Å². The topological polar surface area (TPSA) is 78.8 Å². The molecular formula is C21H24N4O3. The van der Waals surface area contributed by atoms with Crippen molar-refractivity contribution in [2.24, 2.45) is 5.92 Å². The number of hydrogen-bond acceptors (Lipinski definition) is 6. The second kappa shape index (κ2) is 6.82. The molecular weight excluding hydrogens is 356 g/mol. The van der Waals surface area contributed by atoms with E-state index < -0.39 is 5.60 Å². The molecule has 1 N–H and O–H groups in total. The summed E-state index contributed by atoms with van der Waals surface area (Å²) in [6, 6.07) is 10.8. The number of aromatic nitrogens is 2.